The fourth-order valence-electron chi connectivity index (χ4n) is 1.70. The molecule has 0 aliphatic carbocycles. The molecule has 1 aromatic carbocycles. The van der Waals surface area contributed by atoms with E-state index in [1.165, 1.54) is 17.1 Å². The fourth-order valence-corrected chi connectivity index (χ4v) is 2.35. The third-order valence-electron chi connectivity index (χ3n) is 2.88. The van der Waals surface area contributed by atoms with Crippen LogP contribution in [0.1, 0.15) is 33.4 Å². The lowest BCUT2D eigenvalue weighted by Crippen LogP contribution is -2.02. The van der Waals surface area contributed by atoms with E-state index >= 15 is 0 Å². The van der Waals surface area contributed by atoms with Crippen LogP contribution in [0.5, 0.6) is 0 Å². The molecule has 0 bridgehead atoms. The third-order valence-corrected chi connectivity index (χ3v) is 3.75. The molecule has 16 heavy (non-hydrogen) atoms. The average molecular weight is 234 g/mol. The van der Waals surface area contributed by atoms with Gasteiger partial charge in [-0.3, -0.25) is 0 Å². The highest BCUT2D eigenvalue weighted by Gasteiger charge is 2.18. The zero-order valence-electron chi connectivity index (χ0n) is 9.56. The van der Waals surface area contributed by atoms with Gasteiger partial charge in [0.05, 0.1) is 10.6 Å². The minimum atomic E-state index is -0.611. The Morgan fingerprint density at radius 2 is 2.00 bits per heavy atom. The second-order valence-electron chi connectivity index (χ2n) is 3.91. The van der Waals surface area contributed by atoms with Gasteiger partial charge in [-0.2, -0.15) is 0 Å². The summed E-state index contributed by atoms with van der Waals surface area (Å²) >= 11 is 1.26. The Hall–Kier alpha value is -1.26. The molecule has 1 aromatic heterocycles. The minimum Gasteiger partial charge on any atom is -0.383 e. The number of aryl methyl sites for hydroxylation is 2. The van der Waals surface area contributed by atoms with Crippen LogP contribution in [0.3, 0.4) is 0 Å². The highest BCUT2D eigenvalue weighted by Crippen LogP contribution is 2.29. The second kappa shape index (κ2) is 4.31. The van der Waals surface area contributed by atoms with Crippen LogP contribution in [-0.2, 0) is 0 Å². The number of nitrogens with zero attached hydrogens (tertiary/aromatic N) is 2. The van der Waals surface area contributed by atoms with Gasteiger partial charge in [-0.25, -0.2) is 0 Å². The van der Waals surface area contributed by atoms with Crippen LogP contribution in [0.4, 0.5) is 0 Å². The molecule has 2 aromatic rings. The molecule has 2 rings (SSSR count). The Labute approximate surface area is 98.9 Å². The maximum absolute atomic E-state index is 10.3. The highest BCUT2D eigenvalue weighted by molar-refractivity contribution is 7.05. The SMILES string of the molecule is Cc1cccc(C(O)c2snnc2C)c1C. The lowest BCUT2D eigenvalue weighted by molar-refractivity contribution is 0.222. The summed E-state index contributed by atoms with van der Waals surface area (Å²) in [5, 5.41) is 14.2. The molecule has 1 heterocycles. The molecule has 0 spiro atoms. The van der Waals surface area contributed by atoms with E-state index in [0.717, 1.165) is 21.7 Å². The largest absolute Gasteiger partial charge is 0.383 e. The topological polar surface area (TPSA) is 46.0 Å². The van der Waals surface area contributed by atoms with Gasteiger partial charge in [-0.1, -0.05) is 22.7 Å². The smallest absolute Gasteiger partial charge is 0.117 e. The van der Waals surface area contributed by atoms with Gasteiger partial charge in [0.15, 0.2) is 0 Å². The number of hydrogen-bond acceptors (Lipinski definition) is 4. The van der Waals surface area contributed by atoms with Gasteiger partial charge >= 0.3 is 0 Å². The molecule has 1 unspecified atom stereocenters. The van der Waals surface area contributed by atoms with Crippen LogP contribution >= 0.6 is 11.5 Å². The Morgan fingerprint density at radius 3 is 2.62 bits per heavy atom. The zero-order valence-corrected chi connectivity index (χ0v) is 10.4. The standard InChI is InChI=1S/C12H14N2OS/c1-7-5-4-6-10(8(7)2)11(15)12-9(3)13-14-16-12/h4-6,11,15H,1-3H3. The number of hydrogen-bond donors (Lipinski definition) is 1. The summed E-state index contributed by atoms with van der Waals surface area (Å²) in [5.74, 6) is 0. The van der Waals surface area contributed by atoms with E-state index in [2.05, 4.69) is 9.59 Å². The molecule has 3 nitrogen and oxygen atoms in total. The van der Waals surface area contributed by atoms with Crippen molar-refractivity contribution in [2.24, 2.45) is 0 Å². The van der Waals surface area contributed by atoms with Crippen LogP contribution < -0.4 is 0 Å². The van der Waals surface area contributed by atoms with E-state index in [1.54, 1.807) is 0 Å². The Balaban J connectivity index is 2.46. The van der Waals surface area contributed by atoms with Gasteiger partial charge in [0.2, 0.25) is 0 Å². The summed E-state index contributed by atoms with van der Waals surface area (Å²) < 4.78 is 3.85. The molecule has 0 radical (unpaired) electrons. The van der Waals surface area contributed by atoms with Crippen LogP contribution in [0.25, 0.3) is 0 Å². The van der Waals surface area contributed by atoms with E-state index in [9.17, 15) is 5.11 Å². The van der Waals surface area contributed by atoms with Gasteiger partial charge in [-0.15, -0.1) is 5.10 Å². The first-order valence-corrected chi connectivity index (χ1v) is 5.91. The molecule has 0 amide bonds. The zero-order chi connectivity index (χ0) is 11.7. The minimum absolute atomic E-state index is 0.611. The van der Waals surface area contributed by atoms with Crippen molar-refractivity contribution < 1.29 is 5.11 Å². The van der Waals surface area contributed by atoms with Crippen molar-refractivity contribution in [2.75, 3.05) is 0 Å². The van der Waals surface area contributed by atoms with Crippen molar-refractivity contribution in [1.82, 2.24) is 9.59 Å². The van der Waals surface area contributed by atoms with Crippen LogP contribution in [-0.4, -0.2) is 14.7 Å². The highest BCUT2D eigenvalue weighted by atomic mass is 32.1. The average Bonchev–Trinajstić information content (AvgIpc) is 2.68. The van der Waals surface area contributed by atoms with E-state index in [0.29, 0.717) is 0 Å². The summed E-state index contributed by atoms with van der Waals surface area (Å²) in [6.07, 6.45) is -0.611. The maximum atomic E-state index is 10.3. The first kappa shape index (κ1) is 11.2. The first-order valence-electron chi connectivity index (χ1n) is 5.14. The quantitative estimate of drug-likeness (QED) is 0.868. The fraction of sp³-hybridized carbons (Fsp3) is 0.333. The van der Waals surface area contributed by atoms with E-state index in [1.807, 2.05) is 39.0 Å². The molecular formula is C12H14N2OS. The molecule has 0 aliphatic rings. The summed E-state index contributed by atoms with van der Waals surface area (Å²) in [5.41, 5.74) is 4.06. The summed E-state index contributed by atoms with van der Waals surface area (Å²) in [4.78, 5) is 0.828. The first-order chi connectivity index (χ1) is 7.61. The number of aliphatic hydroxyl groups is 1. The summed E-state index contributed by atoms with van der Waals surface area (Å²) in [7, 11) is 0. The van der Waals surface area contributed by atoms with Crippen molar-refractivity contribution in [3.63, 3.8) is 0 Å². The van der Waals surface area contributed by atoms with Gasteiger partial charge in [-0.05, 0) is 49.0 Å². The van der Waals surface area contributed by atoms with Crippen LogP contribution in [0.2, 0.25) is 0 Å². The lowest BCUT2D eigenvalue weighted by atomic mass is 9.98. The molecule has 0 saturated heterocycles. The molecule has 1 N–H and O–H groups in total. The summed E-state index contributed by atoms with van der Waals surface area (Å²) in [6.45, 7) is 5.94. The molecule has 0 fully saturated rings. The predicted octanol–water partition coefficient (Wildman–Crippen LogP) is 2.55. The normalized spacial score (nSPS) is 12.8. The Bertz CT molecular complexity index is 507. The molecule has 1 atom stereocenters. The molecule has 84 valence electrons. The molecule has 0 aliphatic heterocycles. The molecular weight excluding hydrogens is 220 g/mol. The van der Waals surface area contributed by atoms with E-state index in [4.69, 9.17) is 0 Å². The van der Waals surface area contributed by atoms with Gasteiger partial charge in [0.25, 0.3) is 0 Å². The van der Waals surface area contributed by atoms with Crippen molar-refractivity contribution in [3.8, 4) is 0 Å². The molecule has 4 heteroatoms. The van der Waals surface area contributed by atoms with Crippen molar-refractivity contribution >= 4 is 11.5 Å². The van der Waals surface area contributed by atoms with Gasteiger partial charge < -0.3 is 5.11 Å². The third kappa shape index (κ3) is 1.86. The predicted molar refractivity (Wildman–Crippen MR) is 64.6 cm³/mol. The Kier molecular flexibility index (Phi) is 3.03. The van der Waals surface area contributed by atoms with E-state index < -0.39 is 6.10 Å². The number of aromatic nitrogens is 2. The monoisotopic (exact) mass is 234 g/mol. The van der Waals surface area contributed by atoms with Crippen molar-refractivity contribution in [3.05, 3.63) is 45.5 Å². The summed E-state index contributed by atoms with van der Waals surface area (Å²) in [6, 6.07) is 5.96. The lowest BCUT2D eigenvalue weighted by Gasteiger charge is -2.13. The van der Waals surface area contributed by atoms with Gasteiger partial charge in [0, 0.05) is 0 Å². The van der Waals surface area contributed by atoms with Crippen LogP contribution in [0, 0.1) is 20.8 Å². The molecule has 0 saturated carbocycles. The van der Waals surface area contributed by atoms with Gasteiger partial charge in [0.1, 0.15) is 6.10 Å². The maximum Gasteiger partial charge on any atom is 0.117 e. The Morgan fingerprint density at radius 1 is 1.25 bits per heavy atom. The number of benzene rings is 1. The van der Waals surface area contributed by atoms with Crippen molar-refractivity contribution in [1.29, 1.82) is 0 Å². The second-order valence-corrected chi connectivity index (χ2v) is 4.70. The van der Waals surface area contributed by atoms with Crippen LogP contribution in [0.15, 0.2) is 18.2 Å². The number of aliphatic hydroxyl groups excluding tert-OH is 1. The number of rotatable bonds is 2. The van der Waals surface area contributed by atoms with Crippen molar-refractivity contribution in [2.45, 2.75) is 26.9 Å². The van der Waals surface area contributed by atoms with E-state index in [-0.39, 0.29) is 0 Å².